The van der Waals surface area contributed by atoms with Crippen molar-refractivity contribution in [3.05, 3.63) is 17.5 Å². The highest BCUT2D eigenvalue weighted by atomic mass is 32.2. The van der Waals surface area contributed by atoms with Gasteiger partial charge in [-0.25, -0.2) is 13.2 Å². The average Bonchev–Trinajstić information content (AvgIpc) is 3.03. The van der Waals surface area contributed by atoms with Crippen LogP contribution < -0.4 is 10.6 Å². The number of nitrogens with zero attached hydrogens (tertiary/aromatic N) is 2. The topological polar surface area (TPSA) is 122 Å². The zero-order valence-corrected chi connectivity index (χ0v) is 12.1. The minimum absolute atomic E-state index is 0.0657. The molecule has 1 aromatic heterocycles. The summed E-state index contributed by atoms with van der Waals surface area (Å²) in [6.45, 7) is 1.78. The van der Waals surface area contributed by atoms with E-state index in [1.807, 2.05) is 0 Å². The third-order valence-corrected chi connectivity index (χ3v) is 5.41. The highest BCUT2D eigenvalue weighted by Crippen LogP contribution is 2.27. The Labute approximate surface area is 120 Å². The summed E-state index contributed by atoms with van der Waals surface area (Å²) in [6, 6.07) is 0.958. The summed E-state index contributed by atoms with van der Waals surface area (Å²) in [5.41, 5.74) is -0.836. The standard InChI is InChI=1S/C11H14N4O5S/c1-7-4-8(14-20-7)5-21(18,19)15-3-2-11(6-15)9(16)12-10(17)13-11/h4H,2-3,5-6H2,1H3,(H2,12,13,16,17). The highest BCUT2D eigenvalue weighted by molar-refractivity contribution is 7.88. The Morgan fingerprint density at radius 3 is 2.81 bits per heavy atom. The van der Waals surface area contributed by atoms with Gasteiger partial charge in [-0.2, -0.15) is 4.31 Å². The lowest BCUT2D eigenvalue weighted by atomic mass is 10.00. The van der Waals surface area contributed by atoms with Crippen molar-refractivity contribution in [3.8, 4) is 0 Å². The van der Waals surface area contributed by atoms with E-state index in [1.165, 1.54) is 4.31 Å². The van der Waals surface area contributed by atoms with Crippen LogP contribution >= 0.6 is 0 Å². The van der Waals surface area contributed by atoms with E-state index in [1.54, 1.807) is 13.0 Å². The Kier molecular flexibility index (Phi) is 3.02. The van der Waals surface area contributed by atoms with E-state index >= 15 is 0 Å². The van der Waals surface area contributed by atoms with Gasteiger partial charge >= 0.3 is 6.03 Å². The van der Waals surface area contributed by atoms with Crippen LogP contribution in [0.3, 0.4) is 0 Å². The van der Waals surface area contributed by atoms with Gasteiger partial charge in [-0.3, -0.25) is 10.1 Å². The molecule has 0 saturated carbocycles. The lowest BCUT2D eigenvalue weighted by molar-refractivity contribution is -0.123. The van der Waals surface area contributed by atoms with Crippen LogP contribution in [0.1, 0.15) is 17.9 Å². The maximum absolute atomic E-state index is 12.3. The molecule has 2 fully saturated rings. The van der Waals surface area contributed by atoms with Crippen LogP contribution in [0.15, 0.2) is 10.6 Å². The molecule has 0 bridgehead atoms. The minimum atomic E-state index is -3.62. The Morgan fingerprint density at radius 2 is 2.24 bits per heavy atom. The van der Waals surface area contributed by atoms with E-state index in [0.717, 1.165) is 0 Å². The first-order chi connectivity index (χ1) is 9.81. The molecule has 3 heterocycles. The summed E-state index contributed by atoms with van der Waals surface area (Å²) >= 11 is 0. The fourth-order valence-electron chi connectivity index (χ4n) is 2.59. The molecule has 0 aromatic carbocycles. The number of sulfonamides is 1. The Hall–Kier alpha value is -1.94. The summed E-state index contributed by atoms with van der Waals surface area (Å²) < 4.78 is 30.7. The molecule has 0 aliphatic carbocycles. The zero-order valence-electron chi connectivity index (χ0n) is 11.2. The van der Waals surface area contributed by atoms with Crippen molar-refractivity contribution in [2.24, 2.45) is 0 Å². The summed E-state index contributed by atoms with van der Waals surface area (Å²) in [5, 5.41) is 8.30. The first-order valence-corrected chi connectivity index (χ1v) is 7.95. The number of urea groups is 1. The van der Waals surface area contributed by atoms with Crippen molar-refractivity contribution < 1.29 is 22.5 Å². The van der Waals surface area contributed by atoms with Gasteiger partial charge < -0.3 is 9.84 Å². The number of nitrogens with one attached hydrogen (secondary N) is 2. The van der Waals surface area contributed by atoms with Gasteiger partial charge in [0.05, 0.1) is 0 Å². The van der Waals surface area contributed by atoms with Crippen LogP contribution in [0.5, 0.6) is 0 Å². The molecule has 1 aromatic rings. The number of rotatable bonds is 3. The molecule has 2 N–H and O–H groups in total. The minimum Gasteiger partial charge on any atom is -0.361 e. The lowest BCUT2D eigenvalue weighted by Gasteiger charge is -2.20. The van der Waals surface area contributed by atoms with Gasteiger partial charge in [0.25, 0.3) is 5.91 Å². The molecule has 1 unspecified atom stereocenters. The van der Waals surface area contributed by atoms with Crippen molar-refractivity contribution in [2.45, 2.75) is 24.6 Å². The fourth-order valence-corrected chi connectivity index (χ4v) is 4.07. The molecule has 114 valence electrons. The number of amides is 3. The van der Waals surface area contributed by atoms with Gasteiger partial charge in [-0.05, 0) is 13.3 Å². The average molecular weight is 314 g/mol. The second-order valence-electron chi connectivity index (χ2n) is 5.26. The molecule has 10 heteroatoms. The molecule has 21 heavy (non-hydrogen) atoms. The number of hydrogen-bond donors (Lipinski definition) is 2. The number of hydrogen-bond acceptors (Lipinski definition) is 6. The van der Waals surface area contributed by atoms with Crippen LogP contribution in [0, 0.1) is 6.92 Å². The maximum atomic E-state index is 12.3. The summed E-state index contributed by atoms with van der Waals surface area (Å²) in [7, 11) is -3.62. The zero-order chi connectivity index (χ0) is 15.3. The Balaban J connectivity index is 1.76. The number of carbonyl (C=O) groups excluding carboxylic acids is 2. The van der Waals surface area contributed by atoms with Gasteiger partial charge in [0, 0.05) is 19.2 Å². The second-order valence-corrected chi connectivity index (χ2v) is 7.23. The molecular formula is C11H14N4O5S. The molecular weight excluding hydrogens is 300 g/mol. The van der Waals surface area contributed by atoms with Gasteiger partial charge in [0.2, 0.25) is 10.0 Å². The summed E-state index contributed by atoms with van der Waals surface area (Å²) in [6.07, 6.45) is 0.252. The van der Waals surface area contributed by atoms with E-state index in [9.17, 15) is 18.0 Å². The molecule has 1 spiro atoms. The molecule has 9 nitrogen and oxygen atoms in total. The molecule has 3 amide bonds. The summed E-state index contributed by atoms with van der Waals surface area (Å²) in [4.78, 5) is 23.0. The van der Waals surface area contributed by atoms with Crippen LogP contribution in [0.4, 0.5) is 4.79 Å². The van der Waals surface area contributed by atoms with E-state index in [0.29, 0.717) is 11.5 Å². The van der Waals surface area contributed by atoms with Crippen molar-refractivity contribution in [3.63, 3.8) is 0 Å². The van der Waals surface area contributed by atoms with Crippen LogP contribution in [0.2, 0.25) is 0 Å². The molecule has 2 saturated heterocycles. The van der Waals surface area contributed by atoms with Crippen molar-refractivity contribution in [2.75, 3.05) is 13.1 Å². The maximum Gasteiger partial charge on any atom is 0.322 e. The molecule has 0 radical (unpaired) electrons. The quantitative estimate of drug-likeness (QED) is 0.697. The Morgan fingerprint density at radius 1 is 1.48 bits per heavy atom. The van der Waals surface area contributed by atoms with Crippen LogP contribution in [-0.4, -0.2) is 48.4 Å². The monoisotopic (exact) mass is 314 g/mol. The number of carbonyl (C=O) groups is 2. The summed E-state index contributed by atoms with van der Waals surface area (Å²) in [5.74, 6) is -0.251. The Bertz CT molecular complexity index is 712. The predicted molar refractivity (Wildman–Crippen MR) is 69.5 cm³/mol. The van der Waals surface area contributed by atoms with Crippen molar-refractivity contribution >= 4 is 22.0 Å². The van der Waals surface area contributed by atoms with Crippen molar-refractivity contribution in [1.82, 2.24) is 20.1 Å². The predicted octanol–water partition coefficient (Wildman–Crippen LogP) is -0.903. The third-order valence-electron chi connectivity index (χ3n) is 3.65. The normalized spacial score (nSPS) is 26.3. The van der Waals surface area contributed by atoms with Gasteiger partial charge in [0.1, 0.15) is 22.7 Å². The highest BCUT2D eigenvalue weighted by Gasteiger charge is 2.52. The fraction of sp³-hybridized carbons (Fsp3) is 0.545. The molecule has 2 aliphatic rings. The van der Waals surface area contributed by atoms with Crippen LogP contribution in [0.25, 0.3) is 0 Å². The second kappa shape index (κ2) is 4.53. The molecule has 1 atom stereocenters. The first kappa shape index (κ1) is 14.0. The number of imide groups is 1. The van der Waals surface area contributed by atoms with Crippen molar-refractivity contribution in [1.29, 1.82) is 0 Å². The lowest BCUT2D eigenvalue weighted by Crippen LogP contribution is -2.49. The van der Waals surface area contributed by atoms with Gasteiger partial charge in [0.15, 0.2) is 0 Å². The molecule has 2 aliphatic heterocycles. The van der Waals surface area contributed by atoms with Gasteiger partial charge in [-0.15, -0.1) is 0 Å². The van der Waals surface area contributed by atoms with E-state index in [2.05, 4.69) is 15.8 Å². The largest absolute Gasteiger partial charge is 0.361 e. The third kappa shape index (κ3) is 2.40. The first-order valence-electron chi connectivity index (χ1n) is 6.34. The SMILES string of the molecule is Cc1cc(CS(=O)(=O)N2CCC3(C2)NC(=O)NC3=O)no1. The van der Waals surface area contributed by atoms with E-state index in [-0.39, 0.29) is 25.3 Å². The van der Waals surface area contributed by atoms with E-state index < -0.39 is 27.5 Å². The van der Waals surface area contributed by atoms with E-state index in [4.69, 9.17) is 4.52 Å². The molecule has 3 rings (SSSR count). The number of aromatic nitrogens is 1. The van der Waals surface area contributed by atoms with Gasteiger partial charge in [-0.1, -0.05) is 5.16 Å². The van der Waals surface area contributed by atoms with Crippen LogP contribution in [-0.2, 0) is 20.6 Å². The number of aryl methyl sites for hydroxylation is 1. The smallest absolute Gasteiger partial charge is 0.322 e.